The van der Waals surface area contributed by atoms with Gasteiger partial charge in [0, 0.05) is 0 Å². The van der Waals surface area contributed by atoms with Crippen LogP contribution in [0.15, 0.2) is 48.9 Å². The number of allylic oxidation sites excluding steroid dienone is 4. The van der Waals surface area contributed by atoms with Crippen molar-refractivity contribution in [2.24, 2.45) is 0 Å². The van der Waals surface area contributed by atoms with Gasteiger partial charge in [-0.2, -0.15) is 0 Å². The first-order chi connectivity index (χ1) is 8.72. The van der Waals surface area contributed by atoms with Gasteiger partial charge in [-0.3, -0.25) is 4.79 Å². The summed E-state index contributed by atoms with van der Waals surface area (Å²) in [7, 11) is 0. The molecule has 3 nitrogen and oxygen atoms in total. The Bertz CT molecular complexity index is 426. The van der Waals surface area contributed by atoms with Gasteiger partial charge in [0.15, 0.2) is 5.60 Å². The summed E-state index contributed by atoms with van der Waals surface area (Å²) < 4.78 is 5.99. The summed E-state index contributed by atoms with van der Waals surface area (Å²) in [6.45, 7) is 7.34. The molecule has 0 saturated heterocycles. The van der Waals surface area contributed by atoms with E-state index in [4.69, 9.17) is 4.74 Å². The lowest BCUT2D eigenvalue weighted by atomic mass is 9.83. The highest BCUT2D eigenvalue weighted by molar-refractivity contribution is 5.88. The van der Waals surface area contributed by atoms with Crippen LogP contribution in [-0.2, 0) is 9.53 Å². The Kier molecular flexibility index (Phi) is 3.70. The van der Waals surface area contributed by atoms with Gasteiger partial charge in [0.05, 0.1) is 5.70 Å². The predicted octanol–water partition coefficient (Wildman–Crippen LogP) is 2.98. The molecule has 0 bridgehead atoms. The van der Waals surface area contributed by atoms with Crippen LogP contribution < -0.4 is 5.32 Å². The minimum absolute atomic E-state index is 0.0344. The zero-order valence-corrected chi connectivity index (χ0v) is 10.6. The van der Waals surface area contributed by atoms with Gasteiger partial charge in [0.25, 0.3) is 5.91 Å². The van der Waals surface area contributed by atoms with Crippen molar-refractivity contribution in [3.8, 4) is 0 Å². The summed E-state index contributed by atoms with van der Waals surface area (Å²) in [5, 5.41) is 2.90. The summed E-state index contributed by atoms with van der Waals surface area (Å²) >= 11 is 0. The lowest BCUT2D eigenvalue weighted by molar-refractivity contribution is -0.147. The number of hydrogen-bond acceptors (Lipinski definition) is 2. The molecule has 1 amide bonds. The van der Waals surface area contributed by atoms with E-state index in [1.807, 2.05) is 6.08 Å². The number of ether oxygens (including phenoxy) is 1. The fourth-order valence-electron chi connectivity index (χ4n) is 2.49. The van der Waals surface area contributed by atoms with Crippen molar-refractivity contribution in [3.63, 3.8) is 0 Å². The maximum Gasteiger partial charge on any atom is 0.268 e. The van der Waals surface area contributed by atoms with Gasteiger partial charge in [-0.05, 0) is 37.8 Å². The van der Waals surface area contributed by atoms with Crippen LogP contribution in [0.3, 0.4) is 0 Å². The second-order valence-corrected chi connectivity index (χ2v) is 4.69. The van der Waals surface area contributed by atoms with Crippen LogP contribution in [-0.4, -0.2) is 11.5 Å². The van der Waals surface area contributed by atoms with E-state index >= 15 is 0 Å². The first-order valence-corrected chi connectivity index (χ1v) is 6.38. The molecule has 18 heavy (non-hydrogen) atoms. The molecule has 0 radical (unpaired) electrons. The van der Waals surface area contributed by atoms with Crippen LogP contribution >= 0.6 is 0 Å². The van der Waals surface area contributed by atoms with Gasteiger partial charge < -0.3 is 10.1 Å². The third kappa shape index (κ3) is 2.26. The van der Waals surface area contributed by atoms with E-state index in [0.717, 1.165) is 25.7 Å². The lowest BCUT2D eigenvalue weighted by Crippen LogP contribution is -2.52. The average molecular weight is 245 g/mol. The molecule has 96 valence electrons. The monoisotopic (exact) mass is 245 g/mol. The van der Waals surface area contributed by atoms with E-state index in [1.165, 1.54) is 6.42 Å². The van der Waals surface area contributed by atoms with Crippen molar-refractivity contribution in [3.05, 3.63) is 48.9 Å². The molecule has 0 aromatic rings. The van der Waals surface area contributed by atoms with E-state index in [1.54, 1.807) is 18.2 Å². The molecular weight excluding hydrogens is 226 g/mol. The molecule has 2 aliphatic rings. The van der Waals surface area contributed by atoms with Gasteiger partial charge in [0.2, 0.25) is 0 Å². The number of rotatable bonds is 3. The van der Waals surface area contributed by atoms with E-state index in [9.17, 15) is 4.79 Å². The van der Waals surface area contributed by atoms with E-state index in [2.05, 4.69) is 18.5 Å². The molecule has 0 aromatic carbocycles. The second kappa shape index (κ2) is 5.25. The Labute approximate surface area is 108 Å². The maximum absolute atomic E-state index is 12.2. The van der Waals surface area contributed by atoms with Crippen LogP contribution in [0.2, 0.25) is 0 Å². The number of amides is 1. The van der Waals surface area contributed by atoms with Gasteiger partial charge in [-0.15, -0.1) is 0 Å². The highest BCUT2D eigenvalue weighted by Crippen LogP contribution is 2.37. The van der Waals surface area contributed by atoms with Crippen LogP contribution in [0, 0.1) is 0 Å². The second-order valence-electron chi connectivity index (χ2n) is 4.69. The van der Waals surface area contributed by atoms with Crippen LogP contribution in [0.4, 0.5) is 0 Å². The van der Waals surface area contributed by atoms with Gasteiger partial charge >= 0.3 is 0 Å². The Hall–Kier alpha value is -1.77. The summed E-state index contributed by atoms with van der Waals surface area (Å²) in [6, 6.07) is 0. The largest absolute Gasteiger partial charge is 0.475 e. The molecule has 0 unspecified atom stereocenters. The minimum atomic E-state index is -0.675. The topological polar surface area (TPSA) is 38.3 Å². The molecule has 3 heteroatoms. The van der Waals surface area contributed by atoms with Crippen molar-refractivity contribution < 1.29 is 9.53 Å². The standard InChI is InChI=1S/C15H19NO2/c1-3-5-9-13-12(4-2)16-14(17)15(18-13)10-7-6-8-11-15/h3-5,9H,1-2,6-8,10-11H2,(H,16,17)/b9-5-. The normalized spacial score (nSPS) is 22.8. The summed E-state index contributed by atoms with van der Waals surface area (Å²) in [5.74, 6) is 0.638. The molecule has 1 spiro atoms. The third-order valence-corrected chi connectivity index (χ3v) is 3.48. The van der Waals surface area contributed by atoms with Crippen LogP contribution in [0.5, 0.6) is 0 Å². The van der Waals surface area contributed by atoms with Gasteiger partial charge in [0.1, 0.15) is 5.76 Å². The molecule has 2 rings (SSSR count). The van der Waals surface area contributed by atoms with Crippen LogP contribution in [0.1, 0.15) is 32.1 Å². The lowest BCUT2D eigenvalue weighted by Gasteiger charge is -2.40. The molecule has 1 saturated carbocycles. The van der Waals surface area contributed by atoms with Crippen LogP contribution in [0.25, 0.3) is 0 Å². The predicted molar refractivity (Wildman–Crippen MR) is 71.6 cm³/mol. The fourth-order valence-corrected chi connectivity index (χ4v) is 2.49. The van der Waals surface area contributed by atoms with E-state index in [0.29, 0.717) is 11.5 Å². The maximum atomic E-state index is 12.2. The Morgan fingerprint density at radius 1 is 1.22 bits per heavy atom. The first kappa shape index (κ1) is 12.7. The summed E-state index contributed by atoms with van der Waals surface area (Å²) in [6.07, 6.45) is 11.7. The third-order valence-electron chi connectivity index (χ3n) is 3.48. The average Bonchev–Trinajstić information content (AvgIpc) is 2.41. The molecule has 1 heterocycles. The van der Waals surface area contributed by atoms with Crippen molar-refractivity contribution in [1.82, 2.24) is 5.32 Å². The smallest absolute Gasteiger partial charge is 0.268 e. The highest BCUT2D eigenvalue weighted by Gasteiger charge is 2.45. The van der Waals surface area contributed by atoms with Crippen molar-refractivity contribution >= 4 is 5.91 Å². The summed E-state index contributed by atoms with van der Waals surface area (Å²) in [5.41, 5.74) is -0.0414. The quantitative estimate of drug-likeness (QED) is 0.776. The van der Waals surface area contributed by atoms with Crippen molar-refractivity contribution in [2.75, 3.05) is 0 Å². The Morgan fingerprint density at radius 2 is 1.94 bits per heavy atom. The van der Waals surface area contributed by atoms with Crippen molar-refractivity contribution in [1.29, 1.82) is 0 Å². The zero-order chi connectivity index (χ0) is 13.0. The molecule has 1 fully saturated rings. The highest BCUT2D eigenvalue weighted by atomic mass is 16.5. The van der Waals surface area contributed by atoms with E-state index in [-0.39, 0.29) is 5.91 Å². The number of carbonyl (C=O) groups excluding carboxylic acids is 1. The zero-order valence-electron chi connectivity index (χ0n) is 10.6. The SMILES string of the molecule is C=C/C=C\C1=C(C=C)NC(=O)C2(CCCCC2)O1. The first-order valence-electron chi connectivity index (χ1n) is 6.38. The molecule has 0 atom stereocenters. The van der Waals surface area contributed by atoms with Crippen molar-refractivity contribution in [2.45, 2.75) is 37.7 Å². The molecule has 1 N–H and O–H groups in total. The fraction of sp³-hybridized carbons (Fsp3) is 0.400. The van der Waals surface area contributed by atoms with Gasteiger partial charge in [-0.1, -0.05) is 31.7 Å². The molecule has 1 aliphatic heterocycles. The number of carbonyl (C=O) groups is 1. The van der Waals surface area contributed by atoms with E-state index < -0.39 is 5.60 Å². The summed E-state index contributed by atoms with van der Waals surface area (Å²) in [4.78, 5) is 12.2. The molecular formula is C15H19NO2. The minimum Gasteiger partial charge on any atom is -0.475 e. The van der Waals surface area contributed by atoms with Gasteiger partial charge in [-0.25, -0.2) is 0 Å². The number of hydrogen-bond donors (Lipinski definition) is 1. The molecule has 0 aromatic heterocycles. The Morgan fingerprint density at radius 3 is 2.56 bits per heavy atom. The molecule has 1 aliphatic carbocycles. The Balaban J connectivity index is 2.31. The number of nitrogens with one attached hydrogen (secondary N) is 1.